The van der Waals surface area contributed by atoms with Gasteiger partial charge in [0.15, 0.2) is 0 Å². The summed E-state index contributed by atoms with van der Waals surface area (Å²) >= 11 is 0. The van der Waals surface area contributed by atoms with E-state index in [4.69, 9.17) is 0 Å². The molecule has 116 valence electrons. The third-order valence-corrected chi connectivity index (χ3v) is 3.89. The quantitative estimate of drug-likeness (QED) is 0.935. The molecule has 2 heterocycles. The molecule has 0 spiro atoms. The molecule has 1 aliphatic carbocycles. The summed E-state index contributed by atoms with van der Waals surface area (Å²) in [7, 11) is 0. The molecule has 0 atom stereocenters. The van der Waals surface area contributed by atoms with Gasteiger partial charge in [-0.25, -0.2) is 14.5 Å². The van der Waals surface area contributed by atoms with Gasteiger partial charge in [0.05, 0.1) is 12.2 Å². The van der Waals surface area contributed by atoms with Crippen molar-refractivity contribution in [2.75, 3.05) is 5.01 Å². The Labute approximate surface area is 129 Å². The lowest BCUT2D eigenvalue weighted by Crippen LogP contribution is -2.49. The summed E-state index contributed by atoms with van der Waals surface area (Å²) in [6.07, 6.45) is 10.5. The van der Waals surface area contributed by atoms with E-state index in [1.54, 1.807) is 15.9 Å². The number of aromatic nitrogens is 4. The number of hydrogen-bond donors (Lipinski definition) is 1. The van der Waals surface area contributed by atoms with E-state index in [9.17, 15) is 4.79 Å². The summed E-state index contributed by atoms with van der Waals surface area (Å²) in [6.45, 7) is 0.372. The van der Waals surface area contributed by atoms with Crippen LogP contribution in [-0.4, -0.2) is 31.9 Å². The number of carbonyl (C=O) groups excluding carboxylic acids is 1. The minimum absolute atomic E-state index is 0.141. The van der Waals surface area contributed by atoms with E-state index >= 15 is 0 Å². The van der Waals surface area contributed by atoms with Crippen molar-refractivity contribution < 1.29 is 4.79 Å². The second-order valence-electron chi connectivity index (χ2n) is 5.51. The fraction of sp³-hybridized carbons (Fsp3) is 0.467. The molecule has 0 radical (unpaired) electrons. The number of rotatable bonds is 4. The SMILES string of the molecule is O=C(NC1CCCCC1)N(Cc1ccccn1)n1cnnc1. The van der Waals surface area contributed by atoms with Gasteiger partial charge in [0.1, 0.15) is 12.7 Å². The maximum Gasteiger partial charge on any atom is 0.337 e. The van der Waals surface area contributed by atoms with Crippen molar-refractivity contribution in [1.29, 1.82) is 0 Å². The first-order chi connectivity index (χ1) is 10.8. The highest BCUT2D eigenvalue weighted by Crippen LogP contribution is 2.17. The molecule has 1 saturated carbocycles. The van der Waals surface area contributed by atoms with Gasteiger partial charge >= 0.3 is 6.03 Å². The Morgan fingerprint density at radius 3 is 2.68 bits per heavy atom. The zero-order chi connectivity index (χ0) is 15.2. The van der Waals surface area contributed by atoms with Crippen molar-refractivity contribution in [2.45, 2.75) is 44.7 Å². The second kappa shape index (κ2) is 7.02. The average Bonchev–Trinajstić information content (AvgIpc) is 3.08. The number of carbonyl (C=O) groups is 1. The van der Waals surface area contributed by atoms with Crippen LogP contribution in [-0.2, 0) is 6.54 Å². The Bertz CT molecular complexity index is 579. The van der Waals surface area contributed by atoms with Crippen LogP contribution in [0.4, 0.5) is 4.79 Å². The smallest absolute Gasteiger partial charge is 0.334 e. The monoisotopic (exact) mass is 300 g/mol. The summed E-state index contributed by atoms with van der Waals surface area (Å²) in [5, 5.41) is 12.2. The molecule has 1 aliphatic rings. The molecule has 7 nitrogen and oxygen atoms in total. The number of nitrogens with one attached hydrogen (secondary N) is 1. The average molecular weight is 300 g/mol. The first kappa shape index (κ1) is 14.5. The molecule has 0 aliphatic heterocycles. The van der Waals surface area contributed by atoms with Gasteiger partial charge in [-0.15, -0.1) is 10.2 Å². The molecule has 0 aromatic carbocycles. The highest BCUT2D eigenvalue weighted by atomic mass is 16.2. The third kappa shape index (κ3) is 3.60. The topological polar surface area (TPSA) is 75.9 Å². The molecule has 0 saturated heterocycles. The highest BCUT2D eigenvalue weighted by Gasteiger charge is 2.21. The molecular weight excluding hydrogens is 280 g/mol. The van der Waals surface area contributed by atoms with E-state index < -0.39 is 0 Å². The molecule has 0 bridgehead atoms. The summed E-state index contributed by atoms with van der Waals surface area (Å²) < 4.78 is 1.59. The van der Waals surface area contributed by atoms with E-state index in [0.29, 0.717) is 6.54 Å². The van der Waals surface area contributed by atoms with Crippen LogP contribution in [0.1, 0.15) is 37.8 Å². The minimum Gasteiger partial charge on any atom is -0.334 e. The number of pyridine rings is 1. The first-order valence-electron chi connectivity index (χ1n) is 7.66. The molecule has 0 unspecified atom stereocenters. The maximum absolute atomic E-state index is 12.6. The van der Waals surface area contributed by atoms with Crippen molar-refractivity contribution in [2.24, 2.45) is 0 Å². The van der Waals surface area contributed by atoms with Crippen LogP contribution in [0.25, 0.3) is 0 Å². The van der Waals surface area contributed by atoms with E-state index in [0.717, 1.165) is 18.5 Å². The summed E-state index contributed by atoms with van der Waals surface area (Å²) in [5.74, 6) is 0. The van der Waals surface area contributed by atoms with Crippen LogP contribution in [0.15, 0.2) is 37.1 Å². The first-order valence-corrected chi connectivity index (χ1v) is 7.66. The molecule has 2 amide bonds. The fourth-order valence-corrected chi connectivity index (χ4v) is 2.72. The van der Waals surface area contributed by atoms with Crippen LogP contribution >= 0.6 is 0 Å². The van der Waals surface area contributed by atoms with Crippen molar-refractivity contribution in [1.82, 2.24) is 25.2 Å². The molecule has 3 rings (SSSR count). The van der Waals surface area contributed by atoms with Gasteiger partial charge in [-0.05, 0) is 25.0 Å². The Morgan fingerprint density at radius 2 is 2.00 bits per heavy atom. The van der Waals surface area contributed by atoms with Crippen molar-refractivity contribution in [3.05, 3.63) is 42.7 Å². The van der Waals surface area contributed by atoms with E-state index in [-0.39, 0.29) is 12.1 Å². The predicted molar refractivity (Wildman–Crippen MR) is 81.6 cm³/mol. The number of hydrogen-bond acceptors (Lipinski definition) is 4. The lowest BCUT2D eigenvalue weighted by Gasteiger charge is -2.28. The Kier molecular flexibility index (Phi) is 4.62. The number of amides is 2. The van der Waals surface area contributed by atoms with Crippen LogP contribution < -0.4 is 10.3 Å². The molecule has 1 fully saturated rings. The molecule has 2 aromatic rings. The van der Waals surface area contributed by atoms with Crippen LogP contribution in [0, 0.1) is 0 Å². The van der Waals surface area contributed by atoms with Gasteiger partial charge in [0.2, 0.25) is 0 Å². The summed E-state index contributed by atoms with van der Waals surface area (Å²) in [4.78, 5) is 16.9. The van der Waals surface area contributed by atoms with Crippen molar-refractivity contribution in [3.8, 4) is 0 Å². The Balaban J connectivity index is 1.71. The van der Waals surface area contributed by atoms with Crippen molar-refractivity contribution in [3.63, 3.8) is 0 Å². The van der Waals surface area contributed by atoms with Gasteiger partial charge in [-0.3, -0.25) is 4.98 Å². The van der Waals surface area contributed by atoms with Gasteiger partial charge in [0, 0.05) is 12.2 Å². The molecule has 22 heavy (non-hydrogen) atoms. The molecule has 2 aromatic heterocycles. The van der Waals surface area contributed by atoms with E-state index in [2.05, 4.69) is 20.5 Å². The van der Waals surface area contributed by atoms with Gasteiger partial charge < -0.3 is 5.32 Å². The normalized spacial score (nSPS) is 15.5. The third-order valence-electron chi connectivity index (χ3n) is 3.89. The van der Waals surface area contributed by atoms with Crippen LogP contribution in [0.3, 0.4) is 0 Å². The van der Waals surface area contributed by atoms with Crippen LogP contribution in [0.2, 0.25) is 0 Å². The fourth-order valence-electron chi connectivity index (χ4n) is 2.72. The summed E-state index contributed by atoms with van der Waals surface area (Å²) in [5.41, 5.74) is 0.815. The standard InChI is InChI=1S/C15H20N6O/c22-15(19-13-6-2-1-3-7-13)21(20-11-17-18-12-20)10-14-8-4-5-9-16-14/h4-5,8-9,11-13H,1-3,6-7,10H2,(H,19,22). The maximum atomic E-state index is 12.6. The van der Waals surface area contributed by atoms with Crippen molar-refractivity contribution >= 4 is 6.03 Å². The van der Waals surface area contributed by atoms with Gasteiger partial charge in [-0.2, -0.15) is 0 Å². The highest BCUT2D eigenvalue weighted by molar-refractivity contribution is 5.84. The largest absolute Gasteiger partial charge is 0.337 e. The lowest BCUT2D eigenvalue weighted by molar-refractivity contribution is 0.231. The van der Waals surface area contributed by atoms with Crippen LogP contribution in [0.5, 0.6) is 0 Å². The Morgan fingerprint density at radius 1 is 1.23 bits per heavy atom. The predicted octanol–water partition coefficient (Wildman–Crippen LogP) is 1.85. The minimum atomic E-state index is -0.141. The van der Waals surface area contributed by atoms with E-state index in [1.165, 1.54) is 31.9 Å². The molecule has 1 N–H and O–H groups in total. The zero-order valence-electron chi connectivity index (χ0n) is 12.4. The second-order valence-corrected chi connectivity index (χ2v) is 5.51. The summed E-state index contributed by atoms with van der Waals surface area (Å²) in [6, 6.07) is 5.77. The van der Waals surface area contributed by atoms with E-state index in [1.807, 2.05) is 18.2 Å². The molecule has 7 heteroatoms. The van der Waals surface area contributed by atoms with Gasteiger partial charge in [-0.1, -0.05) is 25.3 Å². The van der Waals surface area contributed by atoms with Gasteiger partial charge in [0.25, 0.3) is 0 Å². The Hall–Kier alpha value is -2.44. The molecular formula is C15H20N6O. The number of nitrogens with zero attached hydrogens (tertiary/aromatic N) is 5. The lowest BCUT2D eigenvalue weighted by atomic mass is 9.96. The number of urea groups is 1. The zero-order valence-corrected chi connectivity index (χ0v) is 12.4.